The molecule has 2 heterocycles. The number of benzene rings is 1. The Kier molecular flexibility index (Phi) is 2.79. The van der Waals surface area contributed by atoms with Crippen LogP contribution in [0.3, 0.4) is 0 Å². The summed E-state index contributed by atoms with van der Waals surface area (Å²) in [6, 6.07) is 7.52. The standard InChI is InChI=1S/C12H14N2O4/c15-6-9-10(16)11(17)12(18-9)14-5-7-3-1-2-4-8(7)13-14/h1-5,9-12,15-17H,6H2/t9-,10+,11+,12-/m0/s1. The fraction of sp³-hybridized carbons (Fsp3) is 0.417. The van der Waals surface area contributed by atoms with Crippen LogP contribution in [0.4, 0.5) is 0 Å². The van der Waals surface area contributed by atoms with Gasteiger partial charge in [-0.25, -0.2) is 4.68 Å². The second-order valence-corrected chi connectivity index (χ2v) is 4.40. The molecule has 6 heteroatoms. The Labute approximate surface area is 103 Å². The topological polar surface area (TPSA) is 87.7 Å². The zero-order valence-corrected chi connectivity index (χ0v) is 9.55. The van der Waals surface area contributed by atoms with Gasteiger partial charge in [-0.2, -0.15) is 5.10 Å². The molecule has 0 radical (unpaired) electrons. The number of aliphatic hydroxyl groups excluding tert-OH is 3. The van der Waals surface area contributed by atoms with Gasteiger partial charge in [0.05, 0.1) is 12.1 Å². The van der Waals surface area contributed by atoms with Crippen molar-refractivity contribution in [2.24, 2.45) is 0 Å². The van der Waals surface area contributed by atoms with Crippen molar-refractivity contribution in [3.63, 3.8) is 0 Å². The lowest BCUT2D eigenvalue weighted by Gasteiger charge is -2.14. The highest BCUT2D eigenvalue weighted by atomic mass is 16.6. The summed E-state index contributed by atoms with van der Waals surface area (Å²) in [7, 11) is 0. The summed E-state index contributed by atoms with van der Waals surface area (Å²) >= 11 is 0. The molecule has 1 aliphatic rings. The SMILES string of the molecule is OC[C@@H]1O[C@H](n2cc3ccccc3n2)[C@H](O)[C@@H]1O. The molecule has 3 N–H and O–H groups in total. The van der Waals surface area contributed by atoms with Crippen molar-refractivity contribution in [3.8, 4) is 0 Å². The van der Waals surface area contributed by atoms with Gasteiger partial charge in [-0.1, -0.05) is 18.2 Å². The Balaban J connectivity index is 1.95. The summed E-state index contributed by atoms with van der Waals surface area (Å²) in [5.74, 6) is 0. The number of aromatic nitrogens is 2. The van der Waals surface area contributed by atoms with Gasteiger partial charge in [-0.3, -0.25) is 0 Å². The first-order valence-electron chi connectivity index (χ1n) is 5.77. The van der Waals surface area contributed by atoms with E-state index in [1.54, 1.807) is 6.20 Å². The summed E-state index contributed by atoms with van der Waals surface area (Å²) in [4.78, 5) is 0. The van der Waals surface area contributed by atoms with E-state index in [2.05, 4.69) is 5.10 Å². The van der Waals surface area contributed by atoms with Gasteiger partial charge in [-0.05, 0) is 6.07 Å². The first-order chi connectivity index (χ1) is 8.70. The molecule has 4 atom stereocenters. The summed E-state index contributed by atoms with van der Waals surface area (Å²) in [6.45, 7) is -0.338. The predicted molar refractivity (Wildman–Crippen MR) is 62.7 cm³/mol. The Bertz CT molecular complexity index is 523. The maximum absolute atomic E-state index is 9.89. The average Bonchev–Trinajstić information content (AvgIpc) is 2.92. The summed E-state index contributed by atoms with van der Waals surface area (Å²) < 4.78 is 6.88. The van der Waals surface area contributed by atoms with E-state index >= 15 is 0 Å². The Morgan fingerprint density at radius 1 is 1.22 bits per heavy atom. The molecule has 0 unspecified atom stereocenters. The smallest absolute Gasteiger partial charge is 0.179 e. The fourth-order valence-electron chi connectivity index (χ4n) is 2.21. The van der Waals surface area contributed by atoms with Gasteiger partial charge in [0.1, 0.15) is 18.3 Å². The van der Waals surface area contributed by atoms with Crippen molar-refractivity contribution < 1.29 is 20.1 Å². The Hall–Kier alpha value is -1.47. The number of nitrogens with zero attached hydrogens (tertiary/aromatic N) is 2. The van der Waals surface area contributed by atoms with Gasteiger partial charge in [-0.15, -0.1) is 0 Å². The lowest BCUT2D eigenvalue weighted by atomic mass is 10.1. The monoisotopic (exact) mass is 250 g/mol. The molecule has 18 heavy (non-hydrogen) atoms. The molecule has 0 amide bonds. The molecule has 1 saturated heterocycles. The predicted octanol–water partition coefficient (Wildman–Crippen LogP) is -0.352. The van der Waals surface area contributed by atoms with Crippen molar-refractivity contribution >= 4 is 10.9 Å². The van der Waals surface area contributed by atoms with Crippen molar-refractivity contribution in [3.05, 3.63) is 30.5 Å². The molecular weight excluding hydrogens is 236 g/mol. The van der Waals surface area contributed by atoms with Crippen LogP contribution in [0, 0.1) is 0 Å². The molecule has 96 valence electrons. The van der Waals surface area contributed by atoms with E-state index in [1.165, 1.54) is 4.68 Å². The van der Waals surface area contributed by atoms with Gasteiger partial charge in [0.15, 0.2) is 6.23 Å². The van der Waals surface area contributed by atoms with Crippen molar-refractivity contribution in [2.45, 2.75) is 24.5 Å². The number of hydrogen-bond donors (Lipinski definition) is 3. The molecule has 0 saturated carbocycles. The summed E-state index contributed by atoms with van der Waals surface area (Å²) in [6.07, 6.45) is -2.01. The van der Waals surface area contributed by atoms with Crippen LogP contribution in [0.25, 0.3) is 10.9 Å². The minimum Gasteiger partial charge on any atom is -0.394 e. The largest absolute Gasteiger partial charge is 0.394 e. The number of aliphatic hydroxyl groups is 3. The highest BCUT2D eigenvalue weighted by Crippen LogP contribution is 2.29. The van der Waals surface area contributed by atoms with E-state index < -0.39 is 24.5 Å². The number of rotatable bonds is 2. The van der Waals surface area contributed by atoms with Gasteiger partial charge < -0.3 is 20.1 Å². The van der Waals surface area contributed by atoms with Crippen LogP contribution in [0.5, 0.6) is 0 Å². The van der Waals surface area contributed by atoms with Crippen molar-refractivity contribution in [1.82, 2.24) is 9.78 Å². The van der Waals surface area contributed by atoms with Crippen LogP contribution < -0.4 is 0 Å². The highest BCUT2D eigenvalue weighted by molar-refractivity contribution is 5.77. The molecule has 0 aliphatic carbocycles. The minimum atomic E-state index is -1.10. The lowest BCUT2D eigenvalue weighted by Crippen LogP contribution is -2.33. The lowest BCUT2D eigenvalue weighted by molar-refractivity contribution is -0.0582. The van der Waals surface area contributed by atoms with Crippen LogP contribution in [-0.2, 0) is 4.74 Å². The first kappa shape index (κ1) is 11.6. The number of hydrogen-bond acceptors (Lipinski definition) is 5. The molecule has 1 aliphatic heterocycles. The zero-order chi connectivity index (χ0) is 12.7. The molecule has 3 rings (SSSR count). The first-order valence-corrected chi connectivity index (χ1v) is 5.77. The van der Waals surface area contributed by atoms with Crippen LogP contribution >= 0.6 is 0 Å². The van der Waals surface area contributed by atoms with E-state index in [9.17, 15) is 10.2 Å². The van der Waals surface area contributed by atoms with E-state index in [-0.39, 0.29) is 6.61 Å². The minimum absolute atomic E-state index is 0.338. The van der Waals surface area contributed by atoms with Gasteiger partial charge in [0, 0.05) is 11.6 Å². The second-order valence-electron chi connectivity index (χ2n) is 4.40. The maximum atomic E-state index is 9.89. The van der Waals surface area contributed by atoms with E-state index in [1.807, 2.05) is 24.3 Å². The second kappa shape index (κ2) is 4.33. The average molecular weight is 250 g/mol. The number of fused-ring (bicyclic) bond motifs is 1. The molecule has 1 aromatic carbocycles. The van der Waals surface area contributed by atoms with Gasteiger partial charge in [0.2, 0.25) is 0 Å². The van der Waals surface area contributed by atoms with Crippen LogP contribution in [0.15, 0.2) is 30.5 Å². The van der Waals surface area contributed by atoms with Crippen LogP contribution in [0.1, 0.15) is 6.23 Å². The van der Waals surface area contributed by atoms with E-state index in [0.717, 1.165) is 10.9 Å². The third kappa shape index (κ3) is 1.70. The third-order valence-electron chi connectivity index (χ3n) is 3.21. The van der Waals surface area contributed by atoms with E-state index in [4.69, 9.17) is 9.84 Å². The molecule has 2 aromatic rings. The molecular formula is C12H14N2O4. The normalized spacial score (nSPS) is 32.2. The Morgan fingerprint density at radius 2 is 2.00 bits per heavy atom. The summed E-state index contributed by atoms with van der Waals surface area (Å²) in [5, 5.41) is 33.8. The van der Waals surface area contributed by atoms with Crippen molar-refractivity contribution in [2.75, 3.05) is 6.61 Å². The van der Waals surface area contributed by atoms with Crippen LogP contribution in [-0.4, -0.2) is 50.0 Å². The van der Waals surface area contributed by atoms with E-state index in [0.29, 0.717) is 0 Å². The van der Waals surface area contributed by atoms with Gasteiger partial charge >= 0.3 is 0 Å². The summed E-state index contributed by atoms with van der Waals surface area (Å²) in [5.41, 5.74) is 0.787. The molecule has 0 spiro atoms. The number of ether oxygens (including phenoxy) is 1. The Morgan fingerprint density at radius 3 is 2.67 bits per heavy atom. The zero-order valence-electron chi connectivity index (χ0n) is 9.55. The van der Waals surface area contributed by atoms with Crippen LogP contribution in [0.2, 0.25) is 0 Å². The molecule has 1 aromatic heterocycles. The van der Waals surface area contributed by atoms with Gasteiger partial charge in [0.25, 0.3) is 0 Å². The highest BCUT2D eigenvalue weighted by Gasteiger charge is 2.43. The molecule has 1 fully saturated rings. The van der Waals surface area contributed by atoms with Crippen molar-refractivity contribution in [1.29, 1.82) is 0 Å². The maximum Gasteiger partial charge on any atom is 0.179 e. The quantitative estimate of drug-likeness (QED) is 0.678. The molecule has 6 nitrogen and oxygen atoms in total. The fourth-order valence-corrected chi connectivity index (χ4v) is 2.21. The third-order valence-corrected chi connectivity index (χ3v) is 3.21. The molecule has 0 bridgehead atoms.